The van der Waals surface area contributed by atoms with Gasteiger partial charge in [-0.15, -0.1) is 0 Å². The molecule has 0 unspecified atom stereocenters. The van der Waals surface area contributed by atoms with Crippen molar-refractivity contribution in [3.05, 3.63) is 174 Å². The summed E-state index contributed by atoms with van der Waals surface area (Å²) in [4.78, 5) is 0. The van der Waals surface area contributed by atoms with Crippen LogP contribution in [0.15, 0.2) is 91.0 Å². The maximum atomic E-state index is 2.28. The highest BCUT2D eigenvalue weighted by Crippen LogP contribution is 2.23. The minimum atomic E-state index is 0.647. The SMILES string of the molecule is Cc1cc(C)cc(C(C)C)c1.Cc1ccc(C(C)C)c(C)c1.Cc1ccc(C(C)C)c(C)c1.Cc1ccc(C)c(C(C)C)c1.Cc1cccc(C(C)C)c1C. The van der Waals surface area contributed by atoms with Gasteiger partial charge in [-0.3, -0.25) is 0 Å². The largest absolute Gasteiger partial charge is 0.0617 e. The molecule has 0 aromatic heterocycles. The Morgan fingerprint density at radius 3 is 1.02 bits per heavy atom. The number of aryl methyl sites for hydroxylation is 9. The first-order valence-electron chi connectivity index (χ1n) is 20.9. The lowest BCUT2D eigenvalue weighted by molar-refractivity contribution is 0.854. The number of hydrogen-bond donors (Lipinski definition) is 0. The molecule has 0 N–H and O–H groups in total. The highest BCUT2D eigenvalue weighted by atomic mass is 14.1. The van der Waals surface area contributed by atoms with Gasteiger partial charge in [0.2, 0.25) is 0 Å². The third-order valence-electron chi connectivity index (χ3n) is 10.3. The lowest BCUT2D eigenvalue weighted by atomic mass is 9.95. The van der Waals surface area contributed by atoms with E-state index in [0.29, 0.717) is 29.6 Å². The second kappa shape index (κ2) is 23.9. The fraction of sp³-hybridized carbons (Fsp3) is 0.455. The van der Waals surface area contributed by atoms with Gasteiger partial charge >= 0.3 is 0 Å². The third kappa shape index (κ3) is 17.6. The van der Waals surface area contributed by atoms with Crippen molar-refractivity contribution < 1.29 is 0 Å². The van der Waals surface area contributed by atoms with Crippen LogP contribution in [0.25, 0.3) is 0 Å². The van der Waals surface area contributed by atoms with Crippen molar-refractivity contribution in [3.63, 3.8) is 0 Å². The molecule has 0 fully saturated rings. The summed E-state index contributed by atoms with van der Waals surface area (Å²) in [5, 5.41) is 0. The van der Waals surface area contributed by atoms with Crippen LogP contribution in [0.4, 0.5) is 0 Å². The van der Waals surface area contributed by atoms with E-state index in [-0.39, 0.29) is 0 Å². The maximum Gasteiger partial charge on any atom is -0.0216 e. The van der Waals surface area contributed by atoms with Crippen molar-refractivity contribution in [2.75, 3.05) is 0 Å². The zero-order valence-electron chi connectivity index (χ0n) is 39.0. The van der Waals surface area contributed by atoms with Crippen molar-refractivity contribution in [1.82, 2.24) is 0 Å². The van der Waals surface area contributed by atoms with E-state index in [4.69, 9.17) is 0 Å². The van der Waals surface area contributed by atoms with Crippen molar-refractivity contribution in [2.24, 2.45) is 0 Å². The van der Waals surface area contributed by atoms with Gasteiger partial charge in [0, 0.05) is 0 Å². The molecule has 0 aliphatic carbocycles. The van der Waals surface area contributed by atoms with Gasteiger partial charge in [0.25, 0.3) is 0 Å². The predicted molar refractivity (Wildman–Crippen MR) is 250 cm³/mol. The van der Waals surface area contributed by atoms with E-state index in [2.05, 4.69) is 229 Å². The van der Waals surface area contributed by atoms with Crippen LogP contribution in [0.1, 0.15) is 182 Å². The molecule has 0 aliphatic heterocycles. The summed E-state index contributed by atoms with van der Waals surface area (Å²) in [5.41, 5.74) is 21.2. The van der Waals surface area contributed by atoms with Gasteiger partial charge in [-0.25, -0.2) is 0 Å². The van der Waals surface area contributed by atoms with E-state index < -0.39 is 0 Å². The molecule has 5 rings (SSSR count). The summed E-state index contributed by atoms with van der Waals surface area (Å²) in [6.07, 6.45) is 0. The Bertz CT molecular complexity index is 1790. The van der Waals surface area contributed by atoms with Crippen molar-refractivity contribution in [1.29, 1.82) is 0 Å². The molecule has 0 nitrogen and oxygen atoms in total. The van der Waals surface area contributed by atoms with Crippen LogP contribution >= 0.6 is 0 Å². The van der Waals surface area contributed by atoms with Gasteiger partial charge in [-0.2, -0.15) is 0 Å². The molecule has 0 amide bonds. The number of benzene rings is 5. The first-order valence-corrected chi connectivity index (χ1v) is 20.9. The molecule has 0 saturated carbocycles. The van der Waals surface area contributed by atoms with Crippen LogP contribution in [0, 0.1) is 69.2 Å². The molecule has 0 bridgehead atoms. The molecular weight excluding hydrogens is 661 g/mol. The van der Waals surface area contributed by atoms with E-state index in [9.17, 15) is 0 Å². The number of hydrogen-bond acceptors (Lipinski definition) is 0. The van der Waals surface area contributed by atoms with Crippen molar-refractivity contribution >= 4 is 0 Å². The smallest absolute Gasteiger partial charge is 0.0216 e. The van der Waals surface area contributed by atoms with Crippen LogP contribution in [-0.2, 0) is 0 Å². The Hall–Kier alpha value is -3.90. The molecule has 0 spiro atoms. The summed E-state index contributed by atoms with van der Waals surface area (Å²) in [5.74, 6) is 3.24. The molecule has 300 valence electrons. The Morgan fingerprint density at radius 2 is 0.673 bits per heavy atom. The molecule has 55 heavy (non-hydrogen) atoms. The van der Waals surface area contributed by atoms with Gasteiger partial charge in [0.05, 0.1) is 0 Å². The highest BCUT2D eigenvalue weighted by Gasteiger charge is 2.05. The van der Waals surface area contributed by atoms with Crippen LogP contribution in [-0.4, -0.2) is 0 Å². The lowest BCUT2D eigenvalue weighted by Gasteiger charge is -2.10. The fourth-order valence-corrected chi connectivity index (χ4v) is 7.07. The van der Waals surface area contributed by atoms with E-state index >= 15 is 0 Å². The van der Waals surface area contributed by atoms with E-state index in [1.165, 1.54) is 83.5 Å². The van der Waals surface area contributed by atoms with Gasteiger partial charge in [-0.1, -0.05) is 188 Å². The Kier molecular flexibility index (Phi) is 21.3. The topological polar surface area (TPSA) is 0 Å². The summed E-state index contributed by atoms with van der Waals surface area (Å²) in [7, 11) is 0. The van der Waals surface area contributed by atoms with Gasteiger partial charge < -0.3 is 0 Å². The molecule has 5 aromatic carbocycles. The van der Waals surface area contributed by atoms with Crippen LogP contribution in [0.2, 0.25) is 0 Å². The highest BCUT2D eigenvalue weighted by molar-refractivity contribution is 5.36. The zero-order valence-corrected chi connectivity index (χ0v) is 39.0. The molecule has 0 heterocycles. The molecule has 5 aromatic rings. The quantitative estimate of drug-likeness (QED) is 0.168. The summed E-state index contributed by atoms with van der Waals surface area (Å²) in [6.45, 7) is 44.0. The molecule has 0 radical (unpaired) electrons. The first kappa shape index (κ1) is 49.1. The van der Waals surface area contributed by atoms with Crippen LogP contribution < -0.4 is 0 Å². The normalized spacial score (nSPS) is 10.6. The lowest BCUT2D eigenvalue weighted by Crippen LogP contribution is -1.93. The summed E-state index contributed by atoms with van der Waals surface area (Å²) in [6, 6.07) is 33.2. The van der Waals surface area contributed by atoms with E-state index in [0.717, 1.165) is 0 Å². The van der Waals surface area contributed by atoms with Crippen LogP contribution in [0.5, 0.6) is 0 Å². The summed E-state index contributed by atoms with van der Waals surface area (Å²) >= 11 is 0. The average molecular weight is 741 g/mol. The minimum absolute atomic E-state index is 0.647. The fourth-order valence-electron chi connectivity index (χ4n) is 7.07. The van der Waals surface area contributed by atoms with Gasteiger partial charge in [-0.05, 0) is 154 Å². The molecule has 0 aliphatic rings. The van der Waals surface area contributed by atoms with E-state index in [1.807, 2.05) is 0 Å². The molecule has 0 atom stereocenters. The Morgan fingerprint density at radius 1 is 0.273 bits per heavy atom. The van der Waals surface area contributed by atoms with Crippen LogP contribution in [0.3, 0.4) is 0 Å². The minimum Gasteiger partial charge on any atom is -0.0617 e. The Balaban J connectivity index is 0.000000344. The standard InChI is InChI=1S/5C11H16/c1-8(2)11-6-9(3)5-10(4)7-11;2*1-8(2)11-6-5-9(3)7-10(11)4;1-8(2)11-7-9(3)5-6-10(11)4;1-8(2)11-7-5-6-9(3)10(11)4/h5*5-8H,1-4H3. The molecular formula is C55H80. The van der Waals surface area contributed by atoms with Gasteiger partial charge in [0.1, 0.15) is 0 Å². The maximum absolute atomic E-state index is 2.28. The monoisotopic (exact) mass is 741 g/mol. The second-order valence-electron chi connectivity index (χ2n) is 17.6. The third-order valence-corrected chi connectivity index (χ3v) is 10.3. The van der Waals surface area contributed by atoms with Crippen molar-refractivity contribution in [2.45, 2.75) is 168 Å². The number of rotatable bonds is 5. The summed E-state index contributed by atoms with van der Waals surface area (Å²) < 4.78 is 0. The molecule has 0 heteroatoms. The zero-order chi connectivity index (χ0) is 42.2. The van der Waals surface area contributed by atoms with Crippen molar-refractivity contribution in [3.8, 4) is 0 Å². The van der Waals surface area contributed by atoms with E-state index in [1.54, 1.807) is 0 Å². The second-order valence-corrected chi connectivity index (χ2v) is 17.6. The Labute approximate surface area is 341 Å². The predicted octanol–water partition coefficient (Wildman–Crippen LogP) is 17.1. The first-order chi connectivity index (χ1) is 25.5. The van der Waals surface area contributed by atoms with Gasteiger partial charge in [0.15, 0.2) is 0 Å². The molecule has 0 saturated heterocycles. The average Bonchev–Trinajstić information content (AvgIpc) is 3.07.